The molecule has 1 rings (SSSR count). The topological polar surface area (TPSA) is 46.2 Å². The van der Waals surface area contributed by atoms with Gasteiger partial charge in [0.2, 0.25) is 0 Å². The molecule has 4 heteroatoms. The van der Waals surface area contributed by atoms with Gasteiger partial charge in [-0.1, -0.05) is 13.0 Å². The number of hydrogen-bond donors (Lipinski definition) is 2. The second-order valence-corrected chi connectivity index (χ2v) is 4.65. The lowest BCUT2D eigenvalue weighted by Crippen LogP contribution is -2.32. The SMILES string of the molecule is CCCNc1cccc(NCC(C)(C)OC)n1. The van der Waals surface area contributed by atoms with Crippen LogP contribution in [-0.2, 0) is 4.74 Å². The van der Waals surface area contributed by atoms with E-state index in [1.54, 1.807) is 7.11 Å². The summed E-state index contributed by atoms with van der Waals surface area (Å²) in [5.41, 5.74) is -0.186. The third-order valence-electron chi connectivity index (χ3n) is 2.55. The molecule has 0 amide bonds. The lowest BCUT2D eigenvalue weighted by Gasteiger charge is -2.23. The highest BCUT2D eigenvalue weighted by Gasteiger charge is 2.15. The number of nitrogens with one attached hydrogen (secondary N) is 2. The van der Waals surface area contributed by atoms with Crippen molar-refractivity contribution in [3.05, 3.63) is 18.2 Å². The normalized spacial score (nSPS) is 11.3. The van der Waals surface area contributed by atoms with Crippen molar-refractivity contribution in [2.24, 2.45) is 0 Å². The number of pyridine rings is 1. The van der Waals surface area contributed by atoms with Crippen molar-refractivity contribution in [1.29, 1.82) is 0 Å². The Balaban J connectivity index is 2.53. The van der Waals surface area contributed by atoms with E-state index in [4.69, 9.17) is 4.74 Å². The van der Waals surface area contributed by atoms with Crippen LogP contribution in [0.5, 0.6) is 0 Å². The van der Waals surface area contributed by atoms with Gasteiger partial charge in [-0.05, 0) is 32.4 Å². The largest absolute Gasteiger partial charge is 0.377 e. The average molecular weight is 237 g/mol. The lowest BCUT2D eigenvalue weighted by molar-refractivity contribution is 0.0343. The summed E-state index contributed by atoms with van der Waals surface area (Å²) in [6.07, 6.45) is 1.09. The molecule has 0 fully saturated rings. The molecule has 96 valence electrons. The van der Waals surface area contributed by atoms with Crippen molar-refractivity contribution in [2.45, 2.75) is 32.8 Å². The van der Waals surface area contributed by atoms with Crippen LogP contribution in [0.25, 0.3) is 0 Å². The van der Waals surface area contributed by atoms with Crippen molar-refractivity contribution in [3.63, 3.8) is 0 Å². The first kappa shape index (κ1) is 13.8. The van der Waals surface area contributed by atoms with Crippen molar-refractivity contribution < 1.29 is 4.74 Å². The van der Waals surface area contributed by atoms with E-state index < -0.39 is 0 Å². The van der Waals surface area contributed by atoms with E-state index >= 15 is 0 Å². The predicted molar refractivity (Wildman–Crippen MR) is 72.6 cm³/mol. The van der Waals surface area contributed by atoms with Crippen LogP contribution in [-0.4, -0.2) is 30.8 Å². The lowest BCUT2D eigenvalue weighted by atomic mass is 10.1. The van der Waals surface area contributed by atoms with Gasteiger partial charge in [0.15, 0.2) is 0 Å². The zero-order chi connectivity index (χ0) is 12.7. The Morgan fingerprint density at radius 1 is 1.24 bits per heavy atom. The Kier molecular flexibility index (Phi) is 5.22. The monoisotopic (exact) mass is 237 g/mol. The molecule has 1 aromatic rings. The highest BCUT2D eigenvalue weighted by molar-refractivity contribution is 5.45. The van der Waals surface area contributed by atoms with Crippen LogP contribution < -0.4 is 10.6 Å². The van der Waals surface area contributed by atoms with Gasteiger partial charge in [0.05, 0.1) is 5.60 Å². The van der Waals surface area contributed by atoms with E-state index in [1.165, 1.54) is 0 Å². The van der Waals surface area contributed by atoms with Crippen molar-refractivity contribution >= 4 is 11.6 Å². The Morgan fingerprint density at radius 2 is 1.88 bits per heavy atom. The quantitative estimate of drug-likeness (QED) is 0.765. The smallest absolute Gasteiger partial charge is 0.128 e. The van der Waals surface area contributed by atoms with E-state index in [0.29, 0.717) is 0 Å². The van der Waals surface area contributed by atoms with Gasteiger partial charge in [-0.25, -0.2) is 4.98 Å². The molecular formula is C13H23N3O. The Labute approximate surface area is 104 Å². The molecule has 1 heterocycles. The van der Waals surface area contributed by atoms with Gasteiger partial charge in [-0.2, -0.15) is 0 Å². The summed E-state index contributed by atoms with van der Waals surface area (Å²) in [6, 6.07) is 5.93. The van der Waals surface area contributed by atoms with Crippen LogP contribution in [0.2, 0.25) is 0 Å². The molecule has 0 aliphatic heterocycles. The number of methoxy groups -OCH3 is 1. The minimum atomic E-state index is -0.186. The summed E-state index contributed by atoms with van der Waals surface area (Å²) in [7, 11) is 1.72. The average Bonchev–Trinajstić information content (AvgIpc) is 2.35. The van der Waals surface area contributed by atoms with Crippen molar-refractivity contribution in [1.82, 2.24) is 4.98 Å². The van der Waals surface area contributed by atoms with Gasteiger partial charge < -0.3 is 15.4 Å². The summed E-state index contributed by atoms with van der Waals surface area (Å²) in [6.45, 7) is 7.89. The number of hydrogen-bond acceptors (Lipinski definition) is 4. The minimum absolute atomic E-state index is 0.186. The molecule has 0 saturated heterocycles. The van der Waals surface area contributed by atoms with E-state index in [0.717, 1.165) is 31.1 Å². The highest BCUT2D eigenvalue weighted by atomic mass is 16.5. The molecule has 0 saturated carbocycles. The molecule has 2 N–H and O–H groups in total. The van der Waals surface area contributed by atoms with Gasteiger partial charge in [-0.15, -0.1) is 0 Å². The first-order valence-corrected chi connectivity index (χ1v) is 6.07. The van der Waals surface area contributed by atoms with Gasteiger partial charge in [0.25, 0.3) is 0 Å². The first-order valence-electron chi connectivity index (χ1n) is 6.07. The van der Waals surface area contributed by atoms with E-state index in [2.05, 4.69) is 22.5 Å². The minimum Gasteiger partial charge on any atom is -0.377 e. The highest BCUT2D eigenvalue weighted by Crippen LogP contribution is 2.12. The van der Waals surface area contributed by atoms with Gasteiger partial charge in [0.1, 0.15) is 11.6 Å². The predicted octanol–water partition coefficient (Wildman–Crippen LogP) is 2.74. The number of nitrogens with zero attached hydrogens (tertiary/aromatic N) is 1. The second kappa shape index (κ2) is 6.45. The molecule has 1 aromatic heterocycles. The summed E-state index contributed by atoms with van der Waals surface area (Å²) < 4.78 is 5.35. The van der Waals surface area contributed by atoms with Crippen molar-refractivity contribution in [2.75, 3.05) is 30.8 Å². The number of anilines is 2. The number of rotatable bonds is 7. The molecule has 0 bridgehead atoms. The number of aromatic nitrogens is 1. The third-order valence-corrected chi connectivity index (χ3v) is 2.55. The third kappa shape index (κ3) is 5.04. The van der Waals surface area contributed by atoms with E-state index in [1.807, 2.05) is 32.0 Å². The van der Waals surface area contributed by atoms with Crippen LogP contribution >= 0.6 is 0 Å². The molecule has 4 nitrogen and oxygen atoms in total. The molecule has 0 aliphatic carbocycles. The molecule has 0 unspecified atom stereocenters. The van der Waals surface area contributed by atoms with Gasteiger partial charge >= 0.3 is 0 Å². The van der Waals surface area contributed by atoms with Gasteiger partial charge in [-0.3, -0.25) is 0 Å². The van der Waals surface area contributed by atoms with Crippen LogP contribution in [0.1, 0.15) is 27.2 Å². The molecule has 0 atom stereocenters. The maximum absolute atomic E-state index is 5.35. The van der Waals surface area contributed by atoms with Crippen LogP contribution in [0.4, 0.5) is 11.6 Å². The van der Waals surface area contributed by atoms with Crippen LogP contribution in [0.15, 0.2) is 18.2 Å². The molecule has 0 spiro atoms. The fourth-order valence-corrected chi connectivity index (χ4v) is 1.26. The fraction of sp³-hybridized carbons (Fsp3) is 0.615. The zero-order valence-electron chi connectivity index (χ0n) is 11.2. The fourth-order valence-electron chi connectivity index (χ4n) is 1.26. The molecule has 0 aliphatic rings. The summed E-state index contributed by atoms with van der Waals surface area (Å²) in [5.74, 6) is 1.78. The number of ether oxygens (including phenoxy) is 1. The Bertz CT molecular complexity index is 339. The molecule has 17 heavy (non-hydrogen) atoms. The maximum Gasteiger partial charge on any atom is 0.128 e. The summed E-state index contributed by atoms with van der Waals surface area (Å²) in [5, 5.41) is 6.54. The zero-order valence-corrected chi connectivity index (χ0v) is 11.2. The maximum atomic E-state index is 5.35. The standard InChI is InChI=1S/C13H23N3O/c1-5-9-14-11-7-6-8-12(16-11)15-10-13(2,3)17-4/h6-8H,5,9-10H2,1-4H3,(H2,14,15,16). The van der Waals surface area contributed by atoms with Crippen LogP contribution in [0.3, 0.4) is 0 Å². The van der Waals surface area contributed by atoms with E-state index in [-0.39, 0.29) is 5.60 Å². The van der Waals surface area contributed by atoms with E-state index in [9.17, 15) is 0 Å². The molecule has 0 aromatic carbocycles. The first-order chi connectivity index (χ1) is 8.07. The summed E-state index contributed by atoms with van der Waals surface area (Å²) >= 11 is 0. The van der Waals surface area contributed by atoms with Crippen molar-refractivity contribution in [3.8, 4) is 0 Å². The molecule has 0 radical (unpaired) electrons. The second-order valence-electron chi connectivity index (χ2n) is 4.65. The van der Waals surface area contributed by atoms with Gasteiger partial charge in [0, 0.05) is 20.2 Å². The Morgan fingerprint density at radius 3 is 2.47 bits per heavy atom. The Hall–Kier alpha value is -1.29. The van der Waals surface area contributed by atoms with Crippen LogP contribution in [0, 0.1) is 0 Å². The molecular weight excluding hydrogens is 214 g/mol. The summed E-state index contributed by atoms with van der Waals surface area (Å²) in [4.78, 5) is 4.47.